The number of benzene rings is 2. The minimum Gasteiger partial charge on any atom is -0.507 e. The molecule has 1 aliphatic heterocycles. The zero-order valence-corrected chi connectivity index (χ0v) is 18.3. The summed E-state index contributed by atoms with van der Waals surface area (Å²) in [6, 6.07) is 12.9. The van der Waals surface area contributed by atoms with E-state index >= 15 is 0 Å². The van der Waals surface area contributed by atoms with Crippen molar-refractivity contribution in [3.63, 3.8) is 0 Å². The van der Waals surface area contributed by atoms with E-state index in [1.165, 1.54) is 0 Å². The van der Waals surface area contributed by atoms with Gasteiger partial charge in [0.05, 0.1) is 11.1 Å². The molecule has 2 aromatic carbocycles. The van der Waals surface area contributed by atoms with E-state index in [0.29, 0.717) is 31.0 Å². The van der Waals surface area contributed by atoms with Gasteiger partial charge in [-0.05, 0) is 55.5 Å². The first-order valence-electron chi connectivity index (χ1n) is 10.8. The number of carbonyl (C=O) groups is 1. The largest absolute Gasteiger partial charge is 0.507 e. The lowest BCUT2D eigenvalue weighted by molar-refractivity contribution is 0.159. The molecule has 1 saturated heterocycles. The van der Waals surface area contributed by atoms with Crippen LogP contribution in [0.5, 0.6) is 5.75 Å². The van der Waals surface area contributed by atoms with Crippen LogP contribution in [0.3, 0.4) is 0 Å². The highest BCUT2D eigenvalue weighted by Crippen LogP contribution is 2.34. The summed E-state index contributed by atoms with van der Waals surface area (Å²) < 4.78 is 5.18. The van der Waals surface area contributed by atoms with Gasteiger partial charge >= 0.3 is 6.09 Å². The predicted molar refractivity (Wildman–Crippen MR) is 123 cm³/mol. The van der Waals surface area contributed by atoms with Crippen molar-refractivity contribution in [3.05, 3.63) is 48.0 Å². The second kappa shape index (κ2) is 9.40. The topological polar surface area (TPSA) is 108 Å². The Hall–Kier alpha value is -3.39. The predicted octanol–water partition coefficient (Wildman–Crippen LogP) is 3.81. The van der Waals surface area contributed by atoms with Gasteiger partial charge in [-0.3, -0.25) is 0 Å². The van der Waals surface area contributed by atoms with E-state index in [1.54, 1.807) is 25.3 Å². The molecule has 0 aliphatic carbocycles. The minimum absolute atomic E-state index is 0.134. The number of fused-ring (bicyclic) bond motifs is 1. The molecule has 0 saturated carbocycles. The summed E-state index contributed by atoms with van der Waals surface area (Å²) in [7, 11) is 1.62. The van der Waals surface area contributed by atoms with Crippen LogP contribution in [0.4, 0.5) is 10.6 Å². The maximum absolute atomic E-state index is 11.3. The molecular weight excluding hydrogens is 408 g/mol. The third-order valence-corrected chi connectivity index (χ3v) is 6.01. The van der Waals surface area contributed by atoms with Crippen LogP contribution >= 0.6 is 0 Å². The summed E-state index contributed by atoms with van der Waals surface area (Å²) in [5.74, 6) is 1.55. The molecule has 3 aromatic rings. The van der Waals surface area contributed by atoms with E-state index < -0.39 is 6.09 Å². The molecule has 2 heterocycles. The Balaban J connectivity index is 1.70. The molecule has 0 bridgehead atoms. The summed E-state index contributed by atoms with van der Waals surface area (Å²) in [5.41, 5.74) is 2.49. The molecule has 2 unspecified atom stereocenters. The number of phenols is 1. The van der Waals surface area contributed by atoms with Crippen LogP contribution in [-0.4, -0.2) is 59.1 Å². The highest BCUT2D eigenvalue weighted by atomic mass is 16.5. The van der Waals surface area contributed by atoms with E-state index in [4.69, 9.17) is 14.7 Å². The number of para-hydroxylation sites is 1. The van der Waals surface area contributed by atoms with Gasteiger partial charge in [0.2, 0.25) is 0 Å². The number of methoxy groups -OCH3 is 1. The lowest BCUT2D eigenvalue weighted by atomic mass is 9.96. The van der Waals surface area contributed by atoms with Gasteiger partial charge in [-0.15, -0.1) is 0 Å². The van der Waals surface area contributed by atoms with E-state index in [1.807, 2.05) is 31.2 Å². The quantitative estimate of drug-likeness (QED) is 0.517. The van der Waals surface area contributed by atoms with Crippen LogP contribution in [0.25, 0.3) is 22.3 Å². The Morgan fingerprint density at radius 3 is 2.84 bits per heavy atom. The first-order chi connectivity index (χ1) is 15.5. The van der Waals surface area contributed by atoms with Crippen molar-refractivity contribution in [2.45, 2.75) is 25.8 Å². The number of amides is 1. The number of hydrogen-bond donors (Lipinski definition) is 3. The Bertz CT molecular complexity index is 1120. The molecule has 8 nitrogen and oxygen atoms in total. The highest BCUT2D eigenvalue weighted by Gasteiger charge is 2.32. The Labute approximate surface area is 186 Å². The average molecular weight is 437 g/mol. The number of aromatic hydroxyl groups is 1. The molecule has 0 spiro atoms. The number of carboxylic acid groups (broad SMARTS) is 1. The van der Waals surface area contributed by atoms with E-state index in [2.05, 4.69) is 10.2 Å². The fourth-order valence-corrected chi connectivity index (χ4v) is 4.38. The molecule has 32 heavy (non-hydrogen) atoms. The lowest BCUT2D eigenvalue weighted by Crippen LogP contribution is -2.41. The molecule has 8 heteroatoms. The zero-order chi connectivity index (χ0) is 22.7. The number of nitrogens with one attached hydrogen (secondary N) is 1. The van der Waals surface area contributed by atoms with E-state index in [-0.39, 0.29) is 17.7 Å². The maximum Gasteiger partial charge on any atom is 0.404 e. The smallest absolute Gasteiger partial charge is 0.404 e. The van der Waals surface area contributed by atoms with Crippen LogP contribution in [-0.2, 0) is 4.74 Å². The van der Waals surface area contributed by atoms with Crippen molar-refractivity contribution in [3.8, 4) is 17.1 Å². The number of hydrogen-bond acceptors (Lipinski definition) is 6. The second-order valence-corrected chi connectivity index (χ2v) is 8.24. The number of phenolic OH excluding ortho intramolecular Hbond substituents is 1. The number of nitrogens with zero attached hydrogens (tertiary/aromatic N) is 3. The number of aryl methyl sites for hydroxylation is 1. The summed E-state index contributed by atoms with van der Waals surface area (Å²) in [4.78, 5) is 23.1. The van der Waals surface area contributed by atoms with Crippen molar-refractivity contribution < 1.29 is 19.7 Å². The minimum atomic E-state index is -1.02. The number of rotatable bonds is 7. The highest BCUT2D eigenvalue weighted by molar-refractivity contribution is 5.92. The average Bonchev–Trinajstić information content (AvgIpc) is 3.25. The monoisotopic (exact) mass is 436 g/mol. The molecule has 4 rings (SSSR count). The summed E-state index contributed by atoms with van der Waals surface area (Å²) in [6.45, 7) is 3.95. The third-order valence-electron chi connectivity index (χ3n) is 6.01. The fraction of sp³-hybridized carbons (Fsp3) is 0.375. The van der Waals surface area contributed by atoms with E-state index in [0.717, 1.165) is 35.2 Å². The molecule has 1 fully saturated rings. The van der Waals surface area contributed by atoms with Gasteiger partial charge in [-0.25, -0.2) is 14.8 Å². The van der Waals surface area contributed by atoms with Crippen molar-refractivity contribution >= 4 is 22.8 Å². The summed E-state index contributed by atoms with van der Waals surface area (Å²) >= 11 is 0. The summed E-state index contributed by atoms with van der Waals surface area (Å²) in [5, 5.41) is 23.2. The Kier molecular flexibility index (Phi) is 6.41. The first kappa shape index (κ1) is 21.8. The normalized spacial score (nSPS) is 16.9. The first-order valence-corrected chi connectivity index (χ1v) is 10.8. The molecular formula is C24H28N4O4. The maximum atomic E-state index is 11.3. The van der Waals surface area contributed by atoms with Crippen molar-refractivity contribution in [2.75, 3.05) is 31.7 Å². The van der Waals surface area contributed by atoms with E-state index in [9.17, 15) is 15.0 Å². The zero-order valence-electron chi connectivity index (χ0n) is 18.3. The molecule has 1 amide bonds. The standard InChI is InChI=1S/C24H28N4O4/c1-15-7-8-17-20(13-15)25-22(18-5-3-4-6-21(18)29)27-23(17)28-11-9-16(14-28)19(10-12-32-2)26-24(30)31/h3-8,13,16,19,26,29H,9-12,14H2,1-2H3,(H,30,31). The number of aromatic nitrogens is 2. The van der Waals surface area contributed by atoms with Gasteiger partial charge < -0.3 is 25.2 Å². The lowest BCUT2D eigenvalue weighted by Gasteiger charge is -2.25. The number of anilines is 1. The second-order valence-electron chi connectivity index (χ2n) is 8.24. The number of ether oxygens (including phenoxy) is 1. The van der Waals surface area contributed by atoms with Crippen molar-refractivity contribution in [1.29, 1.82) is 0 Å². The van der Waals surface area contributed by atoms with Crippen molar-refractivity contribution in [1.82, 2.24) is 15.3 Å². The SMILES string of the molecule is COCCC(NC(=O)O)C1CCN(c2nc(-c3ccccc3O)nc3cc(C)ccc23)C1. The van der Waals surface area contributed by atoms with Gasteiger partial charge in [0.15, 0.2) is 5.82 Å². The molecule has 1 aliphatic rings. The van der Waals surface area contributed by atoms with Crippen LogP contribution in [0, 0.1) is 12.8 Å². The molecule has 168 valence electrons. The van der Waals surface area contributed by atoms with Gasteiger partial charge in [0, 0.05) is 38.2 Å². The molecule has 2 atom stereocenters. The Morgan fingerprint density at radius 1 is 1.28 bits per heavy atom. The van der Waals surface area contributed by atoms with Gasteiger partial charge in [-0.2, -0.15) is 0 Å². The molecule has 3 N–H and O–H groups in total. The van der Waals surface area contributed by atoms with Crippen molar-refractivity contribution in [2.24, 2.45) is 5.92 Å². The fourth-order valence-electron chi connectivity index (χ4n) is 4.38. The third kappa shape index (κ3) is 4.60. The Morgan fingerprint density at radius 2 is 2.09 bits per heavy atom. The van der Waals surface area contributed by atoms with Gasteiger partial charge in [-0.1, -0.05) is 18.2 Å². The van der Waals surface area contributed by atoms with Gasteiger partial charge in [0.1, 0.15) is 11.6 Å². The van der Waals surface area contributed by atoms with Crippen LogP contribution in [0.15, 0.2) is 42.5 Å². The van der Waals surface area contributed by atoms with Crippen LogP contribution in [0.2, 0.25) is 0 Å². The molecule has 1 aromatic heterocycles. The van der Waals surface area contributed by atoms with Crippen LogP contribution < -0.4 is 10.2 Å². The summed E-state index contributed by atoms with van der Waals surface area (Å²) in [6.07, 6.45) is 0.445. The molecule has 0 radical (unpaired) electrons. The van der Waals surface area contributed by atoms with Gasteiger partial charge in [0.25, 0.3) is 0 Å². The van der Waals surface area contributed by atoms with Crippen LogP contribution in [0.1, 0.15) is 18.4 Å².